The molecule has 1 aliphatic carbocycles. The van der Waals surface area contributed by atoms with Crippen molar-refractivity contribution < 1.29 is 9.53 Å². The first kappa shape index (κ1) is 18.2. The number of hydrogen-bond donors (Lipinski definition) is 2. The van der Waals surface area contributed by atoms with Crippen molar-refractivity contribution in [1.29, 1.82) is 0 Å². The maximum absolute atomic E-state index is 12.9. The van der Waals surface area contributed by atoms with Crippen molar-refractivity contribution in [3.63, 3.8) is 0 Å². The summed E-state index contributed by atoms with van der Waals surface area (Å²) in [5.74, 6) is 0.146. The van der Waals surface area contributed by atoms with Crippen LogP contribution in [-0.4, -0.2) is 39.3 Å². The van der Waals surface area contributed by atoms with Crippen LogP contribution in [0.5, 0.6) is 0 Å². The average molecular weight is 339 g/mol. The molecule has 0 spiro atoms. The van der Waals surface area contributed by atoms with Gasteiger partial charge in [0.1, 0.15) is 0 Å². The summed E-state index contributed by atoms with van der Waals surface area (Å²) < 4.78 is 4.99. The Morgan fingerprint density at radius 2 is 1.83 bits per heavy atom. The monoisotopic (exact) mass is 338 g/mol. The first-order chi connectivity index (χ1) is 11.2. The van der Waals surface area contributed by atoms with E-state index >= 15 is 0 Å². The zero-order valence-electron chi connectivity index (χ0n) is 13.9. The lowest BCUT2D eigenvalue weighted by Gasteiger charge is -2.36. The Labute approximate surface area is 143 Å². The van der Waals surface area contributed by atoms with Crippen LogP contribution in [0.1, 0.15) is 37.7 Å². The van der Waals surface area contributed by atoms with E-state index < -0.39 is 5.41 Å². The molecule has 5 heteroatoms. The van der Waals surface area contributed by atoms with E-state index in [0.29, 0.717) is 18.2 Å². The third kappa shape index (κ3) is 4.93. The molecule has 0 saturated heterocycles. The minimum Gasteiger partial charge on any atom is -0.383 e. The zero-order chi connectivity index (χ0) is 16.5. The number of methoxy groups -OCH3 is 1. The molecule has 23 heavy (non-hydrogen) atoms. The number of amides is 1. The molecule has 1 fully saturated rings. The molecule has 0 bridgehead atoms. The Morgan fingerprint density at radius 3 is 2.48 bits per heavy atom. The topological polar surface area (TPSA) is 50.4 Å². The van der Waals surface area contributed by atoms with E-state index in [-0.39, 0.29) is 5.91 Å². The van der Waals surface area contributed by atoms with Crippen LogP contribution in [0.3, 0.4) is 0 Å². The number of halogens is 1. The van der Waals surface area contributed by atoms with Gasteiger partial charge in [-0.05, 0) is 30.5 Å². The van der Waals surface area contributed by atoms with Crippen molar-refractivity contribution in [2.24, 2.45) is 0 Å². The van der Waals surface area contributed by atoms with Gasteiger partial charge in [-0.15, -0.1) is 0 Å². The van der Waals surface area contributed by atoms with Crippen molar-refractivity contribution in [2.75, 3.05) is 33.4 Å². The van der Waals surface area contributed by atoms with Crippen LogP contribution in [-0.2, 0) is 14.9 Å². The van der Waals surface area contributed by atoms with Gasteiger partial charge in [0.2, 0.25) is 5.91 Å². The number of carbonyl (C=O) groups excluding carboxylic acids is 1. The van der Waals surface area contributed by atoms with Gasteiger partial charge >= 0.3 is 0 Å². The Kier molecular flexibility index (Phi) is 7.34. The van der Waals surface area contributed by atoms with E-state index in [1.807, 2.05) is 24.3 Å². The normalized spacial score (nSPS) is 17.0. The summed E-state index contributed by atoms with van der Waals surface area (Å²) in [7, 11) is 1.68. The molecule has 2 rings (SSSR count). The maximum atomic E-state index is 12.9. The highest BCUT2D eigenvalue weighted by Gasteiger charge is 2.40. The zero-order valence-corrected chi connectivity index (χ0v) is 14.6. The van der Waals surface area contributed by atoms with Gasteiger partial charge in [-0.3, -0.25) is 4.79 Å². The molecule has 1 aliphatic rings. The van der Waals surface area contributed by atoms with Crippen molar-refractivity contribution in [3.8, 4) is 0 Å². The van der Waals surface area contributed by atoms with Crippen LogP contribution < -0.4 is 10.6 Å². The fourth-order valence-corrected chi connectivity index (χ4v) is 3.43. The molecule has 0 radical (unpaired) electrons. The number of nitrogens with one attached hydrogen (secondary N) is 2. The van der Waals surface area contributed by atoms with Gasteiger partial charge in [0.15, 0.2) is 0 Å². The van der Waals surface area contributed by atoms with Crippen LogP contribution in [0.2, 0.25) is 5.02 Å². The van der Waals surface area contributed by atoms with Gasteiger partial charge in [-0.25, -0.2) is 0 Å². The highest BCUT2D eigenvalue weighted by atomic mass is 35.5. The third-order valence-corrected chi connectivity index (χ3v) is 4.86. The first-order valence-electron chi connectivity index (χ1n) is 8.43. The van der Waals surface area contributed by atoms with Crippen molar-refractivity contribution in [2.45, 2.75) is 37.5 Å². The quantitative estimate of drug-likeness (QED) is 0.717. The minimum absolute atomic E-state index is 0.146. The highest BCUT2D eigenvalue weighted by molar-refractivity contribution is 6.30. The van der Waals surface area contributed by atoms with Crippen molar-refractivity contribution in [1.82, 2.24) is 10.6 Å². The summed E-state index contributed by atoms with van der Waals surface area (Å²) >= 11 is 6.00. The second-order valence-electron chi connectivity index (χ2n) is 6.15. The predicted octanol–water partition coefficient (Wildman–Crippen LogP) is 2.89. The molecule has 128 valence electrons. The summed E-state index contributed by atoms with van der Waals surface area (Å²) in [5.41, 5.74) is 0.696. The number of rotatable bonds is 8. The molecule has 1 saturated carbocycles. The van der Waals surface area contributed by atoms with Crippen molar-refractivity contribution >= 4 is 17.5 Å². The van der Waals surface area contributed by atoms with Gasteiger partial charge in [-0.1, -0.05) is 43.0 Å². The smallest absolute Gasteiger partial charge is 0.230 e. The molecule has 1 aromatic carbocycles. The summed E-state index contributed by atoms with van der Waals surface area (Å²) in [6, 6.07) is 7.77. The SMILES string of the molecule is COCCNCCNC(=O)C1(c2ccc(Cl)cc2)CCCCC1. The fourth-order valence-electron chi connectivity index (χ4n) is 3.30. The van der Waals surface area contributed by atoms with Crippen LogP contribution in [0, 0.1) is 0 Å². The van der Waals surface area contributed by atoms with E-state index in [2.05, 4.69) is 10.6 Å². The maximum Gasteiger partial charge on any atom is 0.230 e. The predicted molar refractivity (Wildman–Crippen MR) is 94.0 cm³/mol. The summed E-state index contributed by atoms with van der Waals surface area (Å²) in [4.78, 5) is 12.9. The lowest BCUT2D eigenvalue weighted by molar-refractivity contribution is -0.128. The number of benzene rings is 1. The van der Waals surface area contributed by atoms with Crippen LogP contribution in [0.4, 0.5) is 0 Å². The van der Waals surface area contributed by atoms with Crippen molar-refractivity contribution in [3.05, 3.63) is 34.9 Å². The third-order valence-electron chi connectivity index (χ3n) is 4.61. The Hall–Kier alpha value is -1.10. The average Bonchev–Trinajstić information content (AvgIpc) is 2.59. The summed E-state index contributed by atoms with van der Waals surface area (Å²) in [6.07, 6.45) is 5.24. The molecule has 4 nitrogen and oxygen atoms in total. The second-order valence-corrected chi connectivity index (χ2v) is 6.58. The minimum atomic E-state index is -0.393. The van der Waals surface area contributed by atoms with E-state index in [0.717, 1.165) is 44.3 Å². The number of hydrogen-bond acceptors (Lipinski definition) is 3. The lowest BCUT2D eigenvalue weighted by atomic mass is 9.68. The Balaban J connectivity index is 1.97. The molecule has 0 atom stereocenters. The summed E-state index contributed by atoms with van der Waals surface area (Å²) in [6.45, 7) is 2.88. The molecule has 1 aromatic rings. The van der Waals surface area contributed by atoms with Crippen LogP contribution >= 0.6 is 11.6 Å². The van der Waals surface area contributed by atoms with Gasteiger partial charge in [0, 0.05) is 31.8 Å². The molecule has 0 aromatic heterocycles. The fraction of sp³-hybridized carbons (Fsp3) is 0.611. The molecular formula is C18H27ClN2O2. The largest absolute Gasteiger partial charge is 0.383 e. The van der Waals surface area contributed by atoms with Gasteiger partial charge in [0.05, 0.1) is 12.0 Å². The van der Waals surface area contributed by atoms with Crippen LogP contribution in [0.15, 0.2) is 24.3 Å². The number of ether oxygens (including phenoxy) is 1. The van der Waals surface area contributed by atoms with Gasteiger partial charge in [-0.2, -0.15) is 0 Å². The second kappa shape index (κ2) is 9.26. The highest BCUT2D eigenvalue weighted by Crippen LogP contribution is 2.40. The molecule has 2 N–H and O–H groups in total. The number of carbonyl (C=O) groups is 1. The first-order valence-corrected chi connectivity index (χ1v) is 8.81. The Bertz CT molecular complexity index is 484. The van der Waals surface area contributed by atoms with Gasteiger partial charge in [0.25, 0.3) is 0 Å². The standard InChI is InChI=1S/C18H27ClN2O2/c1-23-14-13-20-11-12-21-17(22)18(9-3-2-4-10-18)15-5-7-16(19)8-6-15/h5-8,20H,2-4,9-14H2,1H3,(H,21,22). The molecular weight excluding hydrogens is 312 g/mol. The van der Waals surface area contributed by atoms with E-state index in [4.69, 9.17) is 16.3 Å². The van der Waals surface area contributed by atoms with E-state index in [9.17, 15) is 4.79 Å². The molecule has 0 aliphatic heterocycles. The lowest BCUT2D eigenvalue weighted by Crippen LogP contribution is -2.47. The summed E-state index contributed by atoms with van der Waals surface area (Å²) in [5, 5.41) is 7.07. The molecule has 0 unspecified atom stereocenters. The Morgan fingerprint density at radius 1 is 1.13 bits per heavy atom. The van der Waals surface area contributed by atoms with E-state index in [1.54, 1.807) is 7.11 Å². The molecule has 1 amide bonds. The van der Waals surface area contributed by atoms with Gasteiger partial charge < -0.3 is 15.4 Å². The van der Waals surface area contributed by atoms with Crippen LogP contribution in [0.25, 0.3) is 0 Å². The molecule has 0 heterocycles. The van der Waals surface area contributed by atoms with E-state index in [1.165, 1.54) is 6.42 Å².